The van der Waals surface area contributed by atoms with E-state index < -0.39 is 5.91 Å². The van der Waals surface area contributed by atoms with Gasteiger partial charge in [0.2, 0.25) is 0 Å². The molecule has 0 aliphatic heterocycles. The number of nitrogens with two attached hydrogens (primary N) is 2. The van der Waals surface area contributed by atoms with E-state index in [1.807, 2.05) is 0 Å². The van der Waals surface area contributed by atoms with Crippen molar-refractivity contribution in [1.29, 1.82) is 0 Å². The van der Waals surface area contributed by atoms with Crippen LogP contribution in [0.15, 0.2) is 16.3 Å². The lowest BCUT2D eigenvalue weighted by molar-refractivity contribution is -0.114. The van der Waals surface area contributed by atoms with Gasteiger partial charge in [-0.1, -0.05) is 0 Å². The second-order valence-electron chi connectivity index (χ2n) is 1.96. The van der Waals surface area contributed by atoms with Crippen LogP contribution in [0.3, 0.4) is 0 Å². The molecule has 1 amide bonds. The number of hydrogen-bond donors (Lipinski definition) is 3. The molecule has 0 saturated heterocycles. The molecule has 0 aliphatic rings. The summed E-state index contributed by atoms with van der Waals surface area (Å²) in [7, 11) is 0. The minimum absolute atomic E-state index is 0.109. The number of aliphatic hydroxyl groups is 1. The molecule has 5 nitrogen and oxygen atoms in total. The molecule has 0 aromatic rings. The predicted molar refractivity (Wildman–Crippen MR) is 49.8 cm³/mol. The van der Waals surface area contributed by atoms with Gasteiger partial charge in [-0.25, -0.2) is 4.99 Å². The zero-order valence-electron chi connectivity index (χ0n) is 6.44. The molecule has 6 heteroatoms. The first-order chi connectivity index (χ1) is 5.45. The summed E-state index contributed by atoms with van der Waals surface area (Å²) in [5.41, 5.74) is 9.80. The molecule has 0 bridgehead atoms. The minimum Gasteiger partial charge on any atom is -0.512 e. The summed E-state index contributed by atoms with van der Waals surface area (Å²) < 4.78 is 0. The second kappa shape index (κ2) is 4.45. The van der Waals surface area contributed by atoms with Crippen LogP contribution < -0.4 is 11.5 Å². The fraction of sp³-hybridized carbons (Fsp3) is 0.167. The van der Waals surface area contributed by atoms with Crippen molar-refractivity contribution in [3.63, 3.8) is 0 Å². The van der Waals surface area contributed by atoms with E-state index in [0.29, 0.717) is 0 Å². The van der Waals surface area contributed by atoms with Gasteiger partial charge in [0.15, 0.2) is 5.11 Å². The second-order valence-corrected chi connectivity index (χ2v) is 2.38. The number of aliphatic hydroxyl groups excluding tert-OH is 1. The Balaban J connectivity index is 4.70. The van der Waals surface area contributed by atoms with Gasteiger partial charge in [-0.15, -0.1) is 0 Å². The Hall–Kier alpha value is -1.43. The highest BCUT2D eigenvalue weighted by molar-refractivity contribution is 7.80. The highest BCUT2D eigenvalue weighted by Crippen LogP contribution is 1.96. The van der Waals surface area contributed by atoms with Crippen LogP contribution in [-0.4, -0.2) is 22.3 Å². The molecular weight excluding hydrogens is 178 g/mol. The van der Waals surface area contributed by atoms with Crippen LogP contribution >= 0.6 is 12.2 Å². The number of allylic oxidation sites excluding steroid dienone is 1. The van der Waals surface area contributed by atoms with E-state index in [2.05, 4.69) is 17.2 Å². The largest absolute Gasteiger partial charge is 0.512 e. The average molecular weight is 187 g/mol. The number of rotatable bonds is 2. The molecule has 0 rings (SSSR count). The number of nitrogens with zero attached hydrogens (tertiary/aromatic N) is 1. The van der Waals surface area contributed by atoms with Crippen LogP contribution in [0.2, 0.25) is 0 Å². The maximum Gasteiger partial charge on any atom is 0.253 e. The Labute approximate surface area is 74.8 Å². The summed E-state index contributed by atoms with van der Waals surface area (Å²) in [6.07, 6.45) is 1.03. The summed E-state index contributed by atoms with van der Waals surface area (Å²) >= 11 is 4.41. The Kier molecular flexibility index (Phi) is 3.92. The number of thiocarbonyl (C=S) groups is 1. The zero-order valence-corrected chi connectivity index (χ0v) is 7.26. The van der Waals surface area contributed by atoms with Crippen LogP contribution in [0.4, 0.5) is 0 Å². The molecule has 0 fully saturated rings. The van der Waals surface area contributed by atoms with E-state index in [-0.39, 0.29) is 16.4 Å². The number of amides is 1. The van der Waals surface area contributed by atoms with Gasteiger partial charge >= 0.3 is 0 Å². The molecule has 0 heterocycles. The van der Waals surface area contributed by atoms with Gasteiger partial charge in [-0.3, -0.25) is 4.79 Å². The molecule has 0 aliphatic carbocycles. The van der Waals surface area contributed by atoms with Gasteiger partial charge in [-0.2, -0.15) is 0 Å². The quantitative estimate of drug-likeness (QED) is 0.237. The standard InChI is InChI=1S/C6H9N3O2S/c1-3(10)4(5(7)11)2-9-6(8)12/h2,10H,1H3,(H2,7,11)(H2,8,12)/b4-3+,9-2+. The van der Waals surface area contributed by atoms with Crippen molar-refractivity contribution in [2.45, 2.75) is 6.92 Å². The summed E-state index contributed by atoms with van der Waals surface area (Å²) in [4.78, 5) is 14.0. The van der Waals surface area contributed by atoms with Crippen molar-refractivity contribution in [2.24, 2.45) is 16.5 Å². The van der Waals surface area contributed by atoms with Crippen LogP contribution in [0.5, 0.6) is 0 Å². The van der Waals surface area contributed by atoms with Gasteiger partial charge in [-0.05, 0) is 19.1 Å². The Bertz CT molecular complexity index is 266. The smallest absolute Gasteiger partial charge is 0.253 e. The topological polar surface area (TPSA) is 102 Å². The van der Waals surface area contributed by atoms with E-state index in [1.165, 1.54) is 6.92 Å². The van der Waals surface area contributed by atoms with Crippen LogP contribution in [0, 0.1) is 0 Å². The minimum atomic E-state index is -0.782. The highest BCUT2D eigenvalue weighted by atomic mass is 32.1. The van der Waals surface area contributed by atoms with Crippen molar-refractivity contribution >= 4 is 29.5 Å². The third-order valence-corrected chi connectivity index (χ3v) is 1.08. The molecular formula is C6H9N3O2S. The fourth-order valence-corrected chi connectivity index (χ4v) is 0.516. The first-order valence-corrected chi connectivity index (χ1v) is 3.39. The van der Waals surface area contributed by atoms with Gasteiger partial charge in [0.1, 0.15) is 5.76 Å². The first-order valence-electron chi connectivity index (χ1n) is 2.98. The average Bonchev–Trinajstić information content (AvgIpc) is 1.84. The molecule has 66 valence electrons. The van der Waals surface area contributed by atoms with Gasteiger partial charge in [0, 0.05) is 6.21 Å². The lowest BCUT2D eigenvalue weighted by atomic mass is 10.2. The van der Waals surface area contributed by atoms with E-state index in [9.17, 15) is 4.79 Å². The van der Waals surface area contributed by atoms with E-state index in [1.54, 1.807) is 0 Å². The van der Waals surface area contributed by atoms with Gasteiger partial charge in [0.25, 0.3) is 5.91 Å². The molecule has 12 heavy (non-hydrogen) atoms. The molecule has 5 N–H and O–H groups in total. The van der Waals surface area contributed by atoms with E-state index in [0.717, 1.165) is 6.21 Å². The first kappa shape index (κ1) is 10.6. The SMILES string of the molecule is C/C(O)=C(/C=N/C(N)=S)C(N)=O. The van der Waals surface area contributed by atoms with E-state index in [4.69, 9.17) is 16.6 Å². The monoisotopic (exact) mass is 187 g/mol. The molecule has 0 spiro atoms. The van der Waals surface area contributed by atoms with Crippen molar-refractivity contribution in [3.05, 3.63) is 11.3 Å². The third kappa shape index (κ3) is 3.67. The van der Waals surface area contributed by atoms with Crippen molar-refractivity contribution < 1.29 is 9.90 Å². The van der Waals surface area contributed by atoms with Crippen molar-refractivity contribution in [1.82, 2.24) is 0 Å². The molecule has 0 aromatic heterocycles. The number of carbonyl (C=O) groups excluding carboxylic acids is 1. The molecule has 0 atom stereocenters. The number of hydrogen-bond acceptors (Lipinski definition) is 3. The summed E-state index contributed by atoms with van der Waals surface area (Å²) in [5, 5.41) is 8.77. The third-order valence-electron chi connectivity index (χ3n) is 0.976. The van der Waals surface area contributed by atoms with Gasteiger partial charge < -0.3 is 16.6 Å². The summed E-state index contributed by atoms with van der Waals surface area (Å²) in [6, 6.07) is 0. The number of aliphatic imine (C=N–C) groups is 1. The van der Waals surface area contributed by atoms with Crippen molar-refractivity contribution in [3.8, 4) is 0 Å². The molecule has 0 unspecified atom stereocenters. The Morgan fingerprint density at radius 3 is 2.33 bits per heavy atom. The lowest BCUT2D eigenvalue weighted by Gasteiger charge is -1.95. The molecule has 0 saturated carbocycles. The van der Waals surface area contributed by atoms with Crippen LogP contribution in [-0.2, 0) is 4.79 Å². The lowest BCUT2D eigenvalue weighted by Crippen LogP contribution is -2.17. The number of carbonyl (C=O) groups is 1. The van der Waals surface area contributed by atoms with Gasteiger partial charge in [0.05, 0.1) is 5.57 Å². The number of primary amides is 1. The molecule has 0 radical (unpaired) electrons. The van der Waals surface area contributed by atoms with E-state index >= 15 is 0 Å². The Morgan fingerprint density at radius 1 is 1.58 bits per heavy atom. The van der Waals surface area contributed by atoms with Crippen LogP contribution in [0.1, 0.15) is 6.92 Å². The van der Waals surface area contributed by atoms with Crippen LogP contribution in [0.25, 0.3) is 0 Å². The van der Waals surface area contributed by atoms with Crippen molar-refractivity contribution in [2.75, 3.05) is 0 Å². The Morgan fingerprint density at radius 2 is 2.08 bits per heavy atom. The summed E-state index contributed by atoms with van der Waals surface area (Å²) in [6.45, 7) is 1.31. The summed E-state index contributed by atoms with van der Waals surface area (Å²) in [5.74, 6) is -1.00. The zero-order chi connectivity index (χ0) is 9.72. The maximum absolute atomic E-state index is 10.6. The normalized spacial score (nSPS) is 12.8. The highest BCUT2D eigenvalue weighted by Gasteiger charge is 2.05. The fourth-order valence-electron chi connectivity index (χ4n) is 0.464. The molecule has 0 aromatic carbocycles. The maximum atomic E-state index is 10.6. The predicted octanol–water partition coefficient (Wildman–Crippen LogP) is -0.382.